The number of amides is 1. The van der Waals surface area contributed by atoms with Crippen LogP contribution in [0.3, 0.4) is 0 Å². The first-order chi connectivity index (χ1) is 11.7. The molecule has 1 amide bonds. The summed E-state index contributed by atoms with van der Waals surface area (Å²) in [5.74, 6) is 0.772. The lowest BCUT2D eigenvalue weighted by atomic mass is 10.2. The monoisotopic (exact) mass is 322 g/mol. The maximum atomic E-state index is 12.7. The lowest BCUT2D eigenvalue weighted by Gasteiger charge is -2.23. The number of likely N-dealkylation sites (tertiary alicyclic amines) is 1. The van der Waals surface area contributed by atoms with Crippen LogP contribution in [0.5, 0.6) is 0 Å². The van der Waals surface area contributed by atoms with Gasteiger partial charge in [0.05, 0.1) is 17.1 Å². The van der Waals surface area contributed by atoms with Crippen LogP contribution in [0.1, 0.15) is 24.7 Å². The fourth-order valence-corrected chi connectivity index (χ4v) is 3.31. The predicted molar refractivity (Wildman–Crippen MR) is 90.5 cm³/mol. The quantitative estimate of drug-likeness (QED) is 0.802. The summed E-state index contributed by atoms with van der Waals surface area (Å²) in [6, 6.07) is 12.7. The van der Waals surface area contributed by atoms with E-state index in [1.807, 2.05) is 29.2 Å². The molecule has 0 bridgehead atoms. The number of carbonyl (C=O) groups excluding carboxylic acids is 1. The topological polar surface area (TPSA) is 71.0 Å². The number of hydrogen-bond acceptors (Lipinski definition) is 3. The molecule has 1 aliphatic heterocycles. The summed E-state index contributed by atoms with van der Waals surface area (Å²) >= 11 is 0. The van der Waals surface area contributed by atoms with Gasteiger partial charge in [0.2, 0.25) is 5.91 Å². The zero-order valence-corrected chi connectivity index (χ0v) is 13.2. The second-order valence-electron chi connectivity index (χ2n) is 6.05. The van der Waals surface area contributed by atoms with E-state index in [0.29, 0.717) is 6.54 Å². The number of carbonyl (C=O) groups is 1. The van der Waals surface area contributed by atoms with Gasteiger partial charge in [-0.2, -0.15) is 0 Å². The van der Waals surface area contributed by atoms with Gasteiger partial charge >= 0.3 is 0 Å². The summed E-state index contributed by atoms with van der Waals surface area (Å²) in [4.78, 5) is 34.3. The normalized spacial score (nSPS) is 17.5. The molecule has 0 spiro atoms. The molecule has 1 N–H and O–H groups in total. The molecule has 1 saturated heterocycles. The SMILES string of the molecule is O=C(Cn1ccccc1=O)N1CCC[C@H]1c1nc2ccccc2[nH]1. The standard InChI is InChI=1S/C18H18N4O2/c23-16-9-3-4-10-21(16)12-17(24)22-11-5-8-15(22)18-19-13-6-1-2-7-14(13)20-18/h1-4,6-7,9-10,15H,5,8,11-12H2,(H,19,20)/t15-/m0/s1. The molecule has 122 valence electrons. The molecule has 3 aromatic rings. The highest BCUT2D eigenvalue weighted by Gasteiger charge is 2.32. The van der Waals surface area contributed by atoms with Crippen molar-refractivity contribution in [3.05, 3.63) is 64.8 Å². The highest BCUT2D eigenvalue weighted by molar-refractivity contribution is 5.78. The van der Waals surface area contributed by atoms with Crippen LogP contribution >= 0.6 is 0 Å². The Morgan fingerprint density at radius 3 is 2.88 bits per heavy atom. The summed E-state index contributed by atoms with van der Waals surface area (Å²) in [7, 11) is 0. The number of imidazole rings is 1. The highest BCUT2D eigenvalue weighted by atomic mass is 16.2. The second kappa shape index (κ2) is 5.96. The Bertz CT molecular complexity index is 910. The zero-order valence-electron chi connectivity index (χ0n) is 13.2. The smallest absolute Gasteiger partial charge is 0.250 e. The molecule has 4 rings (SSSR count). The van der Waals surface area contributed by atoms with E-state index in [1.165, 1.54) is 10.6 Å². The molecule has 1 aliphatic rings. The zero-order chi connectivity index (χ0) is 16.5. The molecule has 1 atom stereocenters. The van der Waals surface area contributed by atoms with E-state index in [9.17, 15) is 9.59 Å². The molecular formula is C18H18N4O2. The molecule has 24 heavy (non-hydrogen) atoms. The van der Waals surface area contributed by atoms with E-state index >= 15 is 0 Å². The highest BCUT2D eigenvalue weighted by Crippen LogP contribution is 2.31. The molecule has 0 aliphatic carbocycles. The van der Waals surface area contributed by atoms with Crippen LogP contribution in [-0.2, 0) is 11.3 Å². The van der Waals surface area contributed by atoms with Crippen molar-refractivity contribution in [3.8, 4) is 0 Å². The van der Waals surface area contributed by atoms with Gasteiger partial charge in [0, 0.05) is 18.8 Å². The molecular weight excluding hydrogens is 304 g/mol. The number of hydrogen-bond donors (Lipinski definition) is 1. The average molecular weight is 322 g/mol. The first-order valence-corrected chi connectivity index (χ1v) is 8.12. The molecule has 1 aromatic carbocycles. The minimum atomic E-state index is -0.162. The number of aromatic amines is 1. The van der Waals surface area contributed by atoms with Crippen molar-refractivity contribution in [2.45, 2.75) is 25.4 Å². The number of fused-ring (bicyclic) bond motifs is 1. The maximum Gasteiger partial charge on any atom is 0.250 e. The van der Waals surface area contributed by atoms with Gasteiger partial charge in [-0.15, -0.1) is 0 Å². The Labute approximate surface area is 138 Å². The van der Waals surface area contributed by atoms with Gasteiger partial charge in [0.25, 0.3) is 5.56 Å². The fraction of sp³-hybridized carbons (Fsp3) is 0.278. The van der Waals surface area contributed by atoms with E-state index in [0.717, 1.165) is 29.7 Å². The first-order valence-electron chi connectivity index (χ1n) is 8.12. The number of para-hydroxylation sites is 2. The Morgan fingerprint density at radius 2 is 2.04 bits per heavy atom. The molecule has 3 heterocycles. The van der Waals surface area contributed by atoms with Crippen LogP contribution in [0.4, 0.5) is 0 Å². The molecule has 6 heteroatoms. The van der Waals surface area contributed by atoms with E-state index < -0.39 is 0 Å². The van der Waals surface area contributed by atoms with Gasteiger partial charge in [-0.25, -0.2) is 4.98 Å². The third-order valence-corrected chi connectivity index (χ3v) is 4.50. The lowest BCUT2D eigenvalue weighted by molar-refractivity contribution is -0.133. The first kappa shape index (κ1) is 14.7. The van der Waals surface area contributed by atoms with E-state index in [2.05, 4.69) is 9.97 Å². The largest absolute Gasteiger partial charge is 0.340 e. The molecule has 0 saturated carbocycles. The average Bonchev–Trinajstić information content (AvgIpc) is 3.23. The fourth-order valence-electron chi connectivity index (χ4n) is 3.31. The van der Waals surface area contributed by atoms with Crippen molar-refractivity contribution in [2.24, 2.45) is 0 Å². The van der Waals surface area contributed by atoms with Gasteiger partial charge in [0.15, 0.2) is 0 Å². The van der Waals surface area contributed by atoms with E-state index in [-0.39, 0.29) is 24.1 Å². The van der Waals surface area contributed by atoms with Crippen LogP contribution < -0.4 is 5.56 Å². The summed E-state index contributed by atoms with van der Waals surface area (Å²) in [5, 5.41) is 0. The van der Waals surface area contributed by atoms with Crippen LogP contribution in [-0.4, -0.2) is 31.9 Å². The van der Waals surface area contributed by atoms with Crippen molar-refractivity contribution in [1.29, 1.82) is 0 Å². The number of nitrogens with one attached hydrogen (secondary N) is 1. The van der Waals surface area contributed by atoms with Crippen molar-refractivity contribution in [3.63, 3.8) is 0 Å². The van der Waals surface area contributed by atoms with Crippen molar-refractivity contribution in [1.82, 2.24) is 19.4 Å². The van der Waals surface area contributed by atoms with Gasteiger partial charge < -0.3 is 14.5 Å². The summed E-state index contributed by atoms with van der Waals surface area (Å²) in [5.41, 5.74) is 1.72. The molecule has 2 aromatic heterocycles. The Morgan fingerprint density at radius 1 is 1.21 bits per heavy atom. The Balaban J connectivity index is 1.59. The Hall–Kier alpha value is -2.89. The number of H-pyrrole nitrogens is 1. The third kappa shape index (κ3) is 2.60. The van der Waals surface area contributed by atoms with Crippen LogP contribution in [0.15, 0.2) is 53.5 Å². The molecule has 1 fully saturated rings. The number of nitrogens with zero attached hydrogens (tertiary/aromatic N) is 3. The minimum absolute atomic E-state index is 0.0498. The van der Waals surface area contributed by atoms with Crippen LogP contribution in [0, 0.1) is 0 Å². The molecule has 0 unspecified atom stereocenters. The van der Waals surface area contributed by atoms with Crippen molar-refractivity contribution < 1.29 is 4.79 Å². The van der Waals surface area contributed by atoms with E-state index in [4.69, 9.17) is 0 Å². The summed E-state index contributed by atoms with van der Waals surface area (Å²) < 4.78 is 1.44. The number of rotatable bonds is 3. The van der Waals surface area contributed by atoms with E-state index in [1.54, 1.807) is 18.3 Å². The minimum Gasteiger partial charge on any atom is -0.340 e. The second-order valence-corrected chi connectivity index (χ2v) is 6.05. The molecule has 6 nitrogen and oxygen atoms in total. The summed E-state index contributed by atoms with van der Waals surface area (Å²) in [6.07, 6.45) is 3.47. The lowest BCUT2D eigenvalue weighted by Crippen LogP contribution is -2.36. The van der Waals surface area contributed by atoms with Crippen LogP contribution in [0.2, 0.25) is 0 Å². The Kier molecular flexibility index (Phi) is 3.65. The summed E-state index contributed by atoms with van der Waals surface area (Å²) in [6.45, 7) is 0.762. The van der Waals surface area contributed by atoms with Crippen molar-refractivity contribution >= 4 is 16.9 Å². The van der Waals surface area contributed by atoms with Crippen molar-refractivity contribution in [2.75, 3.05) is 6.54 Å². The molecule has 0 radical (unpaired) electrons. The third-order valence-electron chi connectivity index (χ3n) is 4.50. The number of benzene rings is 1. The maximum absolute atomic E-state index is 12.7. The van der Waals surface area contributed by atoms with Crippen LogP contribution in [0.25, 0.3) is 11.0 Å². The van der Waals surface area contributed by atoms with Gasteiger partial charge in [0.1, 0.15) is 12.4 Å². The van der Waals surface area contributed by atoms with Gasteiger partial charge in [-0.1, -0.05) is 18.2 Å². The van der Waals surface area contributed by atoms with Gasteiger partial charge in [-0.3, -0.25) is 9.59 Å². The predicted octanol–water partition coefficient (Wildman–Crippen LogP) is 2.09. The number of aromatic nitrogens is 3. The van der Waals surface area contributed by atoms with Gasteiger partial charge in [-0.05, 0) is 31.0 Å². The number of pyridine rings is 1.